The molecule has 0 aliphatic rings. The predicted molar refractivity (Wildman–Crippen MR) is 80.9 cm³/mol. The molecule has 0 atom stereocenters. The summed E-state index contributed by atoms with van der Waals surface area (Å²) < 4.78 is 5.12. The average Bonchev–Trinajstić information content (AvgIpc) is 2.31. The number of aromatic nitrogens is 1. The molecule has 0 fully saturated rings. The largest absolute Gasteiger partial charge is 0.444 e. The Kier molecular flexibility index (Phi) is 5.37. The van der Waals surface area contributed by atoms with Crippen LogP contribution in [0.25, 0.3) is 6.08 Å². The van der Waals surface area contributed by atoms with E-state index in [2.05, 4.69) is 10.3 Å². The summed E-state index contributed by atoms with van der Waals surface area (Å²) in [5.74, 6) is 0. The molecule has 0 bridgehead atoms. The maximum atomic E-state index is 11.4. The number of alkyl carbamates (subject to hydrolysis) is 1. The lowest BCUT2D eigenvalue weighted by molar-refractivity contribution is 0.0529. The lowest BCUT2D eigenvalue weighted by Crippen LogP contribution is -2.32. The second-order valence-electron chi connectivity index (χ2n) is 5.35. The zero-order valence-corrected chi connectivity index (χ0v) is 12.1. The molecule has 1 rings (SSSR count). The van der Waals surface area contributed by atoms with Crippen molar-refractivity contribution in [2.24, 2.45) is 0 Å². The number of carbonyl (C=O) groups is 1. The number of amides is 1. The van der Waals surface area contributed by atoms with Crippen molar-refractivity contribution >= 4 is 23.5 Å². The molecule has 0 aliphatic carbocycles. The van der Waals surface area contributed by atoms with E-state index in [1.807, 2.05) is 32.9 Å². The smallest absolute Gasteiger partial charge is 0.407 e. The third-order valence-electron chi connectivity index (χ3n) is 2.33. The van der Waals surface area contributed by atoms with Crippen molar-refractivity contribution in [2.75, 3.05) is 18.0 Å². The number of nitrogen functional groups attached to an aromatic ring is 2. The Morgan fingerprint density at radius 1 is 1.40 bits per heavy atom. The third kappa shape index (κ3) is 5.60. The second kappa shape index (κ2) is 6.79. The highest BCUT2D eigenvalue weighted by Gasteiger charge is 2.15. The van der Waals surface area contributed by atoms with E-state index in [1.165, 1.54) is 6.20 Å². The molecular weight excluding hydrogens is 256 g/mol. The first-order valence-corrected chi connectivity index (χ1v) is 6.42. The zero-order chi connectivity index (χ0) is 15.2. The van der Waals surface area contributed by atoms with Gasteiger partial charge >= 0.3 is 6.09 Å². The molecule has 0 aliphatic heterocycles. The van der Waals surface area contributed by atoms with Crippen LogP contribution in [0.2, 0.25) is 0 Å². The van der Waals surface area contributed by atoms with Crippen LogP contribution in [-0.2, 0) is 4.74 Å². The van der Waals surface area contributed by atoms with Gasteiger partial charge in [0.2, 0.25) is 0 Å². The topological polar surface area (TPSA) is 103 Å². The van der Waals surface area contributed by atoms with Crippen LogP contribution in [-0.4, -0.2) is 23.2 Å². The SMILES string of the molecule is CC(C)(C)OC(=O)NCCC=Cc1cncc(N)c1N. The van der Waals surface area contributed by atoms with Crippen LogP contribution in [0.3, 0.4) is 0 Å². The number of anilines is 2. The molecule has 1 aromatic rings. The summed E-state index contributed by atoms with van der Waals surface area (Å²) in [4.78, 5) is 15.4. The second-order valence-corrected chi connectivity index (χ2v) is 5.35. The molecule has 0 saturated heterocycles. The summed E-state index contributed by atoms with van der Waals surface area (Å²) in [6.07, 6.45) is 7.11. The van der Waals surface area contributed by atoms with Gasteiger partial charge in [0.05, 0.1) is 17.6 Å². The third-order valence-corrected chi connectivity index (χ3v) is 2.33. The van der Waals surface area contributed by atoms with E-state index in [4.69, 9.17) is 16.2 Å². The first kappa shape index (κ1) is 15.8. The molecule has 5 N–H and O–H groups in total. The molecule has 0 unspecified atom stereocenters. The van der Waals surface area contributed by atoms with Gasteiger partial charge in [-0.2, -0.15) is 0 Å². The minimum absolute atomic E-state index is 0.420. The van der Waals surface area contributed by atoms with Gasteiger partial charge in [-0.1, -0.05) is 12.2 Å². The van der Waals surface area contributed by atoms with Crippen molar-refractivity contribution in [3.05, 3.63) is 24.0 Å². The van der Waals surface area contributed by atoms with Crippen molar-refractivity contribution < 1.29 is 9.53 Å². The summed E-state index contributed by atoms with van der Waals surface area (Å²) in [5.41, 5.74) is 12.7. The van der Waals surface area contributed by atoms with Gasteiger partial charge in [0.25, 0.3) is 0 Å². The molecule has 6 heteroatoms. The molecule has 1 amide bonds. The molecular formula is C14H22N4O2. The van der Waals surface area contributed by atoms with Crippen LogP contribution >= 0.6 is 0 Å². The number of nitrogens with two attached hydrogens (primary N) is 2. The van der Waals surface area contributed by atoms with Gasteiger partial charge in [-0.05, 0) is 27.2 Å². The van der Waals surface area contributed by atoms with Gasteiger partial charge < -0.3 is 21.5 Å². The Morgan fingerprint density at radius 2 is 2.10 bits per heavy atom. The van der Waals surface area contributed by atoms with Gasteiger partial charge in [-0.15, -0.1) is 0 Å². The van der Waals surface area contributed by atoms with Crippen molar-refractivity contribution in [2.45, 2.75) is 32.8 Å². The zero-order valence-electron chi connectivity index (χ0n) is 12.1. The molecule has 0 spiro atoms. The molecule has 0 radical (unpaired) electrons. The highest BCUT2D eigenvalue weighted by atomic mass is 16.6. The maximum Gasteiger partial charge on any atom is 0.407 e. The van der Waals surface area contributed by atoms with Crippen LogP contribution < -0.4 is 16.8 Å². The van der Waals surface area contributed by atoms with E-state index in [-0.39, 0.29) is 0 Å². The predicted octanol–water partition coefficient (Wildman–Crippen LogP) is 2.17. The van der Waals surface area contributed by atoms with Gasteiger partial charge in [-0.3, -0.25) is 4.98 Å². The fourth-order valence-corrected chi connectivity index (χ4v) is 1.42. The summed E-state index contributed by atoms with van der Waals surface area (Å²) in [7, 11) is 0. The molecule has 1 aromatic heterocycles. The van der Waals surface area contributed by atoms with Crippen LogP contribution in [0, 0.1) is 0 Å². The van der Waals surface area contributed by atoms with E-state index < -0.39 is 11.7 Å². The van der Waals surface area contributed by atoms with E-state index in [0.29, 0.717) is 24.3 Å². The molecule has 6 nitrogen and oxygen atoms in total. The van der Waals surface area contributed by atoms with Crippen molar-refractivity contribution in [1.29, 1.82) is 0 Å². The average molecular weight is 278 g/mol. The highest BCUT2D eigenvalue weighted by Crippen LogP contribution is 2.18. The van der Waals surface area contributed by atoms with Gasteiger partial charge in [-0.25, -0.2) is 4.79 Å². The first-order chi connectivity index (χ1) is 9.29. The number of pyridine rings is 1. The molecule has 0 saturated carbocycles. The van der Waals surface area contributed by atoms with E-state index in [0.717, 1.165) is 5.56 Å². The van der Waals surface area contributed by atoms with Gasteiger partial charge in [0, 0.05) is 18.3 Å². The van der Waals surface area contributed by atoms with Crippen molar-refractivity contribution in [1.82, 2.24) is 10.3 Å². The summed E-state index contributed by atoms with van der Waals surface area (Å²) in [5, 5.41) is 2.67. The molecule has 110 valence electrons. The number of hydrogen-bond acceptors (Lipinski definition) is 5. The standard InChI is InChI=1S/C14H22N4O2/c1-14(2,3)20-13(19)18-7-5-4-6-10-8-17-9-11(15)12(10)16/h4,6,8-9H,5,7,15H2,1-3H3,(H2,16,17)(H,18,19). The van der Waals surface area contributed by atoms with Crippen LogP contribution in [0.1, 0.15) is 32.8 Å². The van der Waals surface area contributed by atoms with Crippen LogP contribution in [0.15, 0.2) is 18.5 Å². The van der Waals surface area contributed by atoms with Crippen LogP contribution in [0.4, 0.5) is 16.2 Å². The number of nitrogens with one attached hydrogen (secondary N) is 1. The molecule has 20 heavy (non-hydrogen) atoms. The van der Waals surface area contributed by atoms with E-state index in [9.17, 15) is 4.79 Å². The Bertz CT molecular complexity index is 492. The molecule has 0 aromatic carbocycles. The van der Waals surface area contributed by atoms with Gasteiger partial charge in [0.1, 0.15) is 5.60 Å². The quantitative estimate of drug-likeness (QED) is 0.732. The highest BCUT2D eigenvalue weighted by molar-refractivity contribution is 5.74. The van der Waals surface area contributed by atoms with Crippen molar-refractivity contribution in [3.8, 4) is 0 Å². The van der Waals surface area contributed by atoms with E-state index >= 15 is 0 Å². The van der Waals surface area contributed by atoms with E-state index in [1.54, 1.807) is 6.20 Å². The summed E-state index contributed by atoms with van der Waals surface area (Å²) >= 11 is 0. The minimum atomic E-state index is -0.485. The lowest BCUT2D eigenvalue weighted by atomic mass is 10.2. The van der Waals surface area contributed by atoms with Gasteiger partial charge in [0.15, 0.2) is 0 Å². The normalized spacial score (nSPS) is 11.6. The number of hydrogen-bond donors (Lipinski definition) is 3. The fourth-order valence-electron chi connectivity index (χ4n) is 1.42. The number of rotatable bonds is 4. The number of nitrogens with zero attached hydrogens (tertiary/aromatic N) is 1. The minimum Gasteiger partial charge on any atom is -0.444 e. The van der Waals surface area contributed by atoms with Crippen molar-refractivity contribution in [3.63, 3.8) is 0 Å². The fraction of sp³-hybridized carbons (Fsp3) is 0.429. The summed E-state index contributed by atoms with van der Waals surface area (Å²) in [6.45, 7) is 5.95. The Balaban J connectivity index is 2.36. The first-order valence-electron chi connectivity index (χ1n) is 6.42. The maximum absolute atomic E-state index is 11.4. The number of carbonyl (C=O) groups excluding carboxylic acids is 1. The monoisotopic (exact) mass is 278 g/mol. The Morgan fingerprint density at radius 3 is 2.75 bits per heavy atom. The molecule has 1 heterocycles. The van der Waals surface area contributed by atoms with Crippen LogP contribution in [0.5, 0.6) is 0 Å². The Labute approximate surface area is 119 Å². The lowest BCUT2D eigenvalue weighted by Gasteiger charge is -2.19. The summed E-state index contributed by atoms with van der Waals surface area (Å²) in [6, 6.07) is 0. The Hall–Kier alpha value is -2.24. The number of ether oxygens (including phenoxy) is 1.